The van der Waals surface area contributed by atoms with Gasteiger partial charge in [0.1, 0.15) is 4.90 Å². The number of carboxylic acids is 1. The molecule has 0 fully saturated rings. The van der Waals surface area contributed by atoms with Gasteiger partial charge in [0.05, 0.1) is 20.5 Å². The number of amides is 2. The number of nitrogens with zero attached hydrogens (tertiary/aromatic N) is 3. The van der Waals surface area contributed by atoms with Crippen LogP contribution in [0.1, 0.15) is 10.6 Å². The molecule has 0 bridgehead atoms. The monoisotopic (exact) mass is 373 g/mol. The maximum absolute atomic E-state index is 12.1. The first kappa shape index (κ1) is 17.9. The summed E-state index contributed by atoms with van der Waals surface area (Å²) in [5.41, 5.74) is 0. The Morgan fingerprint density at radius 3 is 2.28 bits per heavy atom. The maximum atomic E-state index is 12.1. The summed E-state index contributed by atoms with van der Waals surface area (Å²) in [6.07, 6.45) is 0.859. The molecule has 2 aromatic rings. The van der Waals surface area contributed by atoms with Gasteiger partial charge in [0, 0.05) is 0 Å². The fraction of sp³-hybridized carbons (Fsp3) is 0.182. The zero-order chi connectivity index (χ0) is 18.6. The Bertz CT molecular complexity index is 887. The number of hydrogen-bond acceptors (Lipinski definition) is 10. The lowest BCUT2D eigenvalue weighted by molar-refractivity contribution is 0.0656. The van der Waals surface area contributed by atoms with Crippen molar-refractivity contribution >= 4 is 28.0 Å². The molecule has 0 saturated heterocycles. The Labute approximate surface area is 140 Å². The van der Waals surface area contributed by atoms with Gasteiger partial charge in [-0.2, -0.15) is 9.97 Å². The van der Waals surface area contributed by atoms with Gasteiger partial charge in [-0.3, -0.25) is 5.32 Å². The molecule has 13 nitrogen and oxygen atoms in total. The number of methoxy groups -OCH3 is 2. The molecular formula is C11H11N5O8S. The molecule has 0 spiro atoms. The molecule has 0 radical (unpaired) electrons. The predicted molar refractivity (Wildman–Crippen MR) is 77.9 cm³/mol. The van der Waals surface area contributed by atoms with Gasteiger partial charge in [0.2, 0.25) is 11.7 Å². The Morgan fingerprint density at radius 1 is 1.16 bits per heavy atom. The number of carbonyl (C=O) groups excluding carboxylic acids is 1. The van der Waals surface area contributed by atoms with Crippen LogP contribution in [-0.4, -0.2) is 54.7 Å². The first-order valence-corrected chi connectivity index (χ1v) is 7.73. The third kappa shape index (κ3) is 4.11. The molecule has 0 unspecified atom stereocenters. The molecule has 134 valence electrons. The van der Waals surface area contributed by atoms with Crippen LogP contribution in [0.5, 0.6) is 12.0 Å². The van der Waals surface area contributed by atoms with Crippen LogP contribution >= 0.6 is 0 Å². The molecule has 0 aromatic carbocycles. The maximum Gasteiger partial charge on any atom is 0.373 e. The molecule has 0 aliphatic heterocycles. The Hall–Kier alpha value is -3.42. The number of aromatic nitrogens is 3. The summed E-state index contributed by atoms with van der Waals surface area (Å²) in [6, 6.07) is -0.748. The molecule has 25 heavy (non-hydrogen) atoms. The average Bonchev–Trinajstić information content (AvgIpc) is 3.04. The second-order valence-electron chi connectivity index (χ2n) is 4.11. The highest BCUT2D eigenvalue weighted by atomic mass is 32.2. The third-order valence-corrected chi connectivity index (χ3v) is 3.88. The number of furan rings is 1. The van der Waals surface area contributed by atoms with Gasteiger partial charge in [-0.25, -0.2) is 22.7 Å². The highest BCUT2D eigenvalue weighted by molar-refractivity contribution is 7.90. The summed E-state index contributed by atoms with van der Waals surface area (Å²) in [4.78, 5) is 33.1. The lowest BCUT2D eigenvalue weighted by Crippen LogP contribution is -2.35. The number of carbonyl (C=O) groups is 2. The minimum absolute atomic E-state index is 0.187. The lowest BCUT2D eigenvalue weighted by atomic mass is 10.5. The summed E-state index contributed by atoms with van der Waals surface area (Å²) < 4.78 is 39.8. The quantitative estimate of drug-likeness (QED) is 0.603. The number of sulfonamides is 1. The highest BCUT2D eigenvalue weighted by Gasteiger charge is 2.27. The van der Waals surface area contributed by atoms with Gasteiger partial charge in [0.15, 0.2) is 0 Å². The van der Waals surface area contributed by atoms with Gasteiger partial charge in [0.25, 0.3) is 10.0 Å². The van der Waals surface area contributed by atoms with E-state index >= 15 is 0 Å². The molecule has 2 rings (SSSR count). The average molecular weight is 373 g/mol. The van der Waals surface area contributed by atoms with Crippen molar-refractivity contribution in [2.45, 2.75) is 4.90 Å². The van der Waals surface area contributed by atoms with E-state index in [0.717, 1.165) is 12.3 Å². The molecule has 3 N–H and O–H groups in total. The Kier molecular flexibility index (Phi) is 5.02. The van der Waals surface area contributed by atoms with Crippen molar-refractivity contribution < 1.29 is 37.0 Å². The van der Waals surface area contributed by atoms with Crippen molar-refractivity contribution in [2.75, 3.05) is 19.5 Å². The Morgan fingerprint density at radius 2 is 1.76 bits per heavy atom. The van der Waals surface area contributed by atoms with Gasteiger partial charge >= 0.3 is 24.0 Å². The van der Waals surface area contributed by atoms with Crippen molar-refractivity contribution in [1.82, 2.24) is 19.7 Å². The largest absolute Gasteiger partial charge is 0.475 e. The van der Waals surface area contributed by atoms with Crippen molar-refractivity contribution in [2.24, 2.45) is 0 Å². The molecule has 2 heterocycles. The predicted octanol–water partition coefficient (Wildman–Crippen LogP) is -0.310. The van der Waals surface area contributed by atoms with E-state index in [4.69, 9.17) is 14.6 Å². The first-order chi connectivity index (χ1) is 11.8. The number of urea groups is 1. The number of hydrogen-bond donors (Lipinski definition) is 3. The number of aromatic carboxylic acids is 1. The number of carboxylic acid groups (broad SMARTS) is 1. The number of rotatable bonds is 6. The van der Waals surface area contributed by atoms with E-state index in [0.29, 0.717) is 0 Å². The molecule has 0 aliphatic carbocycles. The second kappa shape index (κ2) is 7.00. The molecule has 14 heteroatoms. The minimum atomic E-state index is -4.51. The fourth-order valence-electron chi connectivity index (χ4n) is 1.55. The topological polar surface area (TPSA) is 183 Å². The SMILES string of the molecule is COc1nc(NC(=O)NS(=O)(=O)c2ccoc2C(=O)O)nc(OC)n1. The molecule has 2 amide bonds. The smallest absolute Gasteiger partial charge is 0.373 e. The minimum Gasteiger partial charge on any atom is -0.475 e. The third-order valence-electron chi connectivity index (χ3n) is 2.52. The van der Waals surface area contributed by atoms with E-state index in [1.807, 2.05) is 5.32 Å². The van der Waals surface area contributed by atoms with Crippen molar-refractivity contribution in [3.63, 3.8) is 0 Å². The standard InChI is InChI=1S/C11H11N5O8S/c1-22-10-13-8(14-11(15-10)23-2)12-9(19)16-25(20,21)5-3-4-24-6(5)7(17)18/h3-4H,1-2H3,(H,17,18)(H2,12,13,14,15,16,19). The normalized spacial score (nSPS) is 10.8. The summed E-state index contributed by atoms with van der Waals surface area (Å²) in [5, 5.41) is 10.9. The number of nitrogens with one attached hydrogen (secondary N) is 2. The van der Waals surface area contributed by atoms with Crippen LogP contribution in [0.4, 0.5) is 10.7 Å². The number of anilines is 1. The summed E-state index contributed by atoms with van der Waals surface area (Å²) in [6.45, 7) is 0. The van der Waals surface area contributed by atoms with Crippen LogP contribution in [-0.2, 0) is 10.0 Å². The molecule has 2 aromatic heterocycles. The van der Waals surface area contributed by atoms with Gasteiger partial charge in [-0.05, 0) is 6.07 Å². The molecule has 0 saturated carbocycles. The van der Waals surface area contributed by atoms with E-state index in [9.17, 15) is 18.0 Å². The van der Waals surface area contributed by atoms with E-state index in [2.05, 4.69) is 19.4 Å². The van der Waals surface area contributed by atoms with Gasteiger partial charge < -0.3 is 19.0 Å². The van der Waals surface area contributed by atoms with Gasteiger partial charge in [-0.15, -0.1) is 4.98 Å². The van der Waals surface area contributed by atoms with Crippen LogP contribution in [0.3, 0.4) is 0 Å². The summed E-state index contributed by atoms with van der Waals surface area (Å²) in [5.74, 6) is -2.82. The lowest BCUT2D eigenvalue weighted by Gasteiger charge is -2.08. The summed E-state index contributed by atoms with van der Waals surface area (Å²) >= 11 is 0. The summed E-state index contributed by atoms with van der Waals surface area (Å²) in [7, 11) is -1.99. The van der Waals surface area contributed by atoms with Crippen LogP contribution in [0, 0.1) is 0 Å². The van der Waals surface area contributed by atoms with Crippen LogP contribution < -0.4 is 19.5 Å². The van der Waals surface area contributed by atoms with Crippen molar-refractivity contribution in [3.8, 4) is 12.0 Å². The fourth-order valence-corrected chi connectivity index (χ4v) is 2.56. The van der Waals surface area contributed by atoms with Gasteiger partial charge in [-0.1, -0.05) is 0 Å². The van der Waals surface area contributed by atoms with Crippen molar-refractivity contribution in [1.29, 1.82) is 0 Å². The zero-order valence-corrected chi connectivity index (χ0v) is 13.5. The van der Waals surface area contributed by atoms with E-state index in [1.165, 1.54) is 14.2 Å². The molecular weight excluding hydrogens is 362 g/mol. The molecule has 0 aliphatic rings. The van der Waals surface area contributed by atoms with Crippen LogP contribution in [0.15, 0.2) is 21.6 Å². The van der Waals surface area contributed by atoms with Crippen molar-refractivity contribution in [3.05, 3.63) is 18.1 Å². The van der Waals surface area contributed by atoms with E-state index in [-0.39, 0.29) is 18.0 Å². The second-order valence-corrected chi connectivity index (χ2v) is 5.76. The first-order valence-electron chi connectivity index (χ1n) is 6.25. The Balaban J connectivity index is 2.19. The zero-order valence-electron chi connectivity index (χ0n) is 12.7. The van der Waals surface area contributed by atoms with E-state index < -0.39 is 32.7 Å². The number of ether oxygens (including phenoxy) is 2. The van der Waals surface area contributed by atoms with E-state index in [1.54, 1.807) is 4.72 Å². The molecule has 0 atom stereocenters. The van der Waals surface area contributed by atoms with Crippen LogP contribution in [0.2, 0.25) is 0 Å². The highest BCUT2D eigenvalue weighted by Crippen LogP contribution is 2.17. The van der Waals surface area contributed by atoms with Crippen LogP contribution in [0.25, 0.3) is 0 Å².